The predicted octanol–water partition coefficient (Wildman–Crippen LogP) is 2.03. The van der Waals surface area contributed by atoms with E-state index in [2.05, 4.69) is 19.2 Å². The first-order valence-corrected chi connectivity index (χ1v) is 7.20. The van der Waals surface area contributed by atoms with Gasteiger partial charge in [-0.3, -0.25) is 0 Å². The van der Waals surface area contributed by atoms with Crippen LogP contribution in [0.3, 0.4) is 0 Å². The molecule has 1 saturated carbocycles. The lowest BCUT2D eigenvalue weighted by Crippen LogP contribution is -2.60. The second-order valence-electron chi connectivity index (χ2n) is 5.84. The molecule has 0 aromatic rings. The average Bonchev–Trinajstić information content (AvgIpc) is 2.28. The van der Waals surface area contributed by atoms with Gasteiger partial charge in [-0.15, -0.1) is 0 Å². The second kappa shape index (κ2) is 6.72. The van der Waals surface area contributed by atoms with Crippen molar-refractivity contribution >= 4 is 0 Å². The van der Waals surface area contributed by atoms with Gasteiger partial charge in [0.2, 0.25) is 0 Å². The third-order valence-electron chi connectivity index (χ3n) is 4.29. The molecule has 3 nitrogen and oxygen atoms in total. The molecule has 17 heavy (non-hydrogen) atoms. The molecule has 1 aliphatic carbocycles. The van der Waals surface area contributed by atoms with Gasteiger partial charge in [0.05, 0.1) is 6.10 Å². The van der Waals surface area contributed by atoms with Gasteiger partial charge in [-0.2, -0.15) is 0 Å². The van der Waals surface area contributed by atoms with Crippen LogP contribution in [0, 0.1) is 5.92 Å². The molecule has 0 spiro atoms. The first-order valence-electron chi connectivity index (χ1n) is 7.20. The first kappa shape index (κ1) is 14.9. The number of rotatable bonds is 6. The van der Waals surface area contributed by atoms with Gasteiger partial charge < -0.3 is 16.2 Å². The summed E-state index contributed by atoms with van der Waals surface area (Å²) < 4.78 is 0. The second-order valence-corrected chi connectivity index (χ2v) is 5.84. The summed E-state index contributed by atoms with van der Waals surface area (Å²) in [7, 11) is 0. The van der Waals surface area contributed by atoms with E-state index in [4.69, 9.17) is 5.73 Å². The SMILES string of the molecule is CCC1CCCCC1(CN)NC(C)CC(C)O. The summed E-state index contributed by atoms with van der Waals surface area (Å²) in [5, 5.41) is 13.2. The molecule has 4 N–H and O–H groups in total. The molecule has 0 aromatic heterocycles. The van der Waals surface area contributed by atoms with E-state index in [0.29, 0.717) is 12.0 Å². The van der Waals surface area contributed by atoms with Gasteiger partial charge in [0.25, 0.3) is 0 Å². The molecular formula is C14H30N2O. The van der Waals surface area contributed by atoms with Crippen molar-refractivity contribution in [3.8, 4) is 0 Å². The van der Waals surface area contributed by atoms with Gasteiger partial charge >= 0.3 is 0 Å². The molecule has 0 aromatic carbocycles. The van der Waals surface area contributed by atoms with Crippen LogP contribution in [0.1, 0.15) is 59.3 Å². The average molecular weight is 242 g/mol. The summed E-state index contributed by atoms with van der Waals surface area (Å²) in [5.74, 6) is 0.692. The number of aliphatic hydroxyl groups is 1. The smallest absolute Gasteiger partial charge is 0.0526 e. The highest BCUT2D eigenvalue weighted by atomic mass is 16.3. The van der Waals surface area contributed by atoms with Crippen molar-refractivity contribution < 1.29 is 5.11 Å². The number of hydrogen-bond donors (Lipinski definition) is 3. The number of aliphatic hydroxyl groups excluding tert-OH is 1. The highest BCUT2D eigenvalue weighted by molar-refractivity contribution is 4.99. The zero-order chi connectivity index (χ0) is 12.9. The lowest BCUT2D eigenvalue weighted by Gasteiger charge is -2.46. The maximum absolute atomic E-state index is 9.46. The Bertz CT molecular complexity index is 220. The number of hydrogen-bond acceptors (Lipinski definition) is 3. The van der Waals surface area contributed by atoms with Crippen molar-refractivity contribution in [3.63, 3.8) is 0 Å². The normalized spacial score (nSPS) is 33.4. The van der Waals surface area contributed by atoms with Crippen LogP contribution >= 0.6 is 0 Å². The minimum Gasteiger partial charge on any atom is -0.393 e. The molecule has 0 aliphatic heterocycles. The third-order valence-corrected chi connectivity index (χ3v) is 4.29. The Hall–Kier alpha value is -0.120. The minimum atomic E-state index is -0.240. The molecule has 4 atom stereocenters. The highest BCUT2D eigenvalue weighted by Gasteiger charge is 2.39. The Kier molecular flexibility index (Phi) is 5.90. The highest BCUT2D eigenvalue weighted by Crippen LogP contribution is 2.35. The fraction of sp³-hybridized carbons (Fsp3) is 1.00. The van der Waals surface area contributed by atoms with Crippen LogP contribution in [0.2, 0.25) is 0 Å². The van der Waals surface area contributed by atoms with Gasteiger partial charge in [0, 0.05) is 18.1 Å². The minimum absolute atomic E-state index is 0.112. The molecule has 4 unspecified atom stereocenters. The molecular weight excluding hydrogens is 212 g/mol. The van der Waals surface area contributed by atoms with Crippen LogP contribution in [0.25, 0.3) is 0 Å². The Balaban J connectivity index is 2.65. The van der Waals surface area contributed by atoms with E-state index in [0.717, 1.165) is 13.0 Å². The number of nitrogens with two attached hydrogens (primary N) is 1. The Morgan fingerprint density at radius 2 is 2.12 bits per heavy atom. The fourth-order valence-electron chi connectivity index (χ4n) is 3.49. The lowest BCUT2D eigenvalue weighted by atomic mass is 9.71. The zero-order valence-corrected chi connectivity index (χ0v) is 11.7. The predicted molar refractivity (Wildman–Crippen MR) is 72.9 cm³/mol. The standard InChI is InChI=1S/C14H30N2O/c1-4-13-7-5-6-8-14(13,10-15)16-11(2)9-12(3)17/h11-13,16-17H,4-10,15H2,1-3H3. The van der Waals surface area contributed by atoms with E-state index >= 15 is 0 Å². The van der Waals surface area contributed by atoms with Crippen molar-refractivity contribution in [3.05, 3.63) is 0 Å². The largest absolute Gasteiger partial charge is 0.393 e. The topological polar surface area (TPSA) is 58.3 Å². The fourth-order valence-corrected chi connectivity index (χ4v) is 3.49. The van der Waals surface area contributed by atoms with Crippen molar-refractivity contribution in [2.24, 2.45) is 11.7 Å². The summed E-state index contributed by atoms with van der Waals surface area (Å²) >= 11 is 0. The summed E-state index contributed by atoms with van der Waals surface area (Å²) in [6, 6.07) is 0.339. The molecule has 3 heteroatoms. The van der Waals surface area contributed by atoms with Gasteiger partial charge in [-0.1, -0.05) is 26.2 Å². The Labute approximate surface area is 106 Å². The van der Waals surface area contributed by atoms with E-state index in [1.807, 2.05) is 6.92 Å². The van der Waals surface area contributed by atoms with Crippen LogP contribution < -0.4 is 11.1 Å². The molecule has 0 radical (unpaired) electrons. The number of nitrogens with one attached hydrogen (secondary N) is 1. The van der Waals surface area contributed by atoms with E-state index in [9.17, 15) is 5.11 Å². The summed E-state index contributed by atoms with van der Waals surface area (Å²) in [6.07, 6.45) is 6.86. The summed E-state index contributed by atoms with van der Waals surface area (Å²) in [4.78, 5) is 0. The van der Waals surface area contributed by atoms with Crippen LogP contribution in [0.15, 0.2) is 0 Å². The van der Waals surface area contributed by atoms with E-state index < -0.39 is 0 Å². The molecule has 0 heterocycles. The molecule has 1 fully saturated rings. The Morgan fingerprint density at radius 3 is 2.65 bits per heavy atom. The maximum atomic E-state index is 9.46. The molecule has 1 rings (SSSR count). The van der Waals surface area contributed by atoms with Crippen molar-refractivity contribution in [1.29, 1.82) is 0 Å². The van der Waals surface area contributed by atoms with Crippen molar-refractivity contribution in [2.45, 2.75) is 77.0 Å². The van der Waals surface area contributed by atoms with Crippen LogP contribution in [0.5, 0.6) is 0 Å². The van der Waals surface area contributed by atoms with Crippen molar-refractivity contribution in [1.82, 2.24) is 5.32 Å². The third kappa shape index (κ3) is 3.94. The van der Waals surface area contributed by atoms with E-state index in [1.54, 1.807) is 0 Å². The van der Waals surface area contributed by atoms with Crippen LogP contribution in [-0.2, 0) is 0 Å². The summed E-state index contributed by atoms with van der Waals surface area (Å²) in [5.41, 5.74) is 6.17. The van der Waals surface area contributed by atoms with Gasteiger partial charge in [-0.05, 0) is 39.0 Å². The monoisotopic (exact) mass is 242 g/mol. The zero-order valence-electron chi connectivity index (χ0n) is 11.7. The van der Waals surface area contributed by atoms with Crippen molar-refractivity contribution in [2.75, 3.05) is 6.54 Å². The van der Waals surface area contributed by atoms with Crippen LogP contribution in [0.4, 0.5) is 0 Å². The lowest BCUT2D eigenvalue weighted by molar-refractivity contribution is 0.109. The van der Waals surface area contributed by atoms with E-state index in [-0.39, 0.29) is 11.6 Å². The Morgan fingerprint density at radius 1 is 1.41 bits per heavy atom. The molecule has 0 bridgehead atoms. The first-order chi connectivity index (χ1) is 8.04. The van der Waals surface area contributed by atoms with Gasteiger partial charge in [0.15, 0.2) is 0 Å². The van der Waals surface area contributed by atoms with Gasteiger partial charge in [-0.25, -0.2) is 0 Å². The molecule has 1 aliphatic rings. The van der Waals surface area contributed by atoms with Crippen LogP contribution in [-0.4, -0.2) is 29.3 Å². The molecule has 0 amide bonds. The van der Waals surface area contributed by atoms with Gasteiger partial charge in [0.1, 0.15) is 0 Å². The van der Waals surface area contributed by atoms with E-state index in [1.165, 1.54) is 32.1 Å². The molecule has 0 saturated heterocycles. The maximum Gasteiger partial charge on any atom is 0.0526 e. The molecule has 102 valence electrons. The summed E-state index contributed by atoms with van der Waals surface area (Å²) in [6.45, 7) is 6.99. The quantitative estimate of drug-likeness (QED) is 0.668.